The molecule has 3 atom stereocenters. The summed E-state index contributed by atoms with van der Waals surface area (Å²) < 4.78 is 5.47. The molecule has 1 aliphatic carbocycles. The molecule has 2 heterocycles. The van der Waals surface area contributed by atoms with Crippen LogP contribution in [-0.2, 0) is 11.3 Å². The molecule has 1 saturated carbocycles. The van der Waals surface area contributed by atoms with E-state index in [4.69, 9.17) is 4.42 Å². The number of para-hydroxylation sites is 1. The van der Waals surface area contributed by atoms with E-state index in [2.05, 4.69) is 42.0 Å². The van der Waals surface area contributed by atoms with Crippen LogP contribution in [0.3, 0.4) is 0 Å². The standard InChI is InChI=1S/C19H22N2O2/c1-13-11-20(2)17-7-4-3-6-14(17)12-21(13)19(22)16-10-15(16)18-8-5-9-23-18/h3-9,13,15-16H,10-12H2,1-2H3/t13-,15+,16-/m1/s1. The Hall–Kier alpha value is -2.23. The first-order chi connectivity index (χ1) is 11.1. The molecule has 0 N–H and O–H groups in total. The van der Waals surface area contributed by atoms with Gasteiger partial charge >= 0.3 is 0 Å². The molecule has 2 aliphatic rings. The fourth-order valence-electron chi connectivity index (χ4n) is 3.74. The Morgan fingerprint density at radius 3 is 2.83 bits per heavy atom. The van der Waals surface area contributed by atoms with Crippen LogP contribution in [0.15, 0.2) is 47.1 Å². The van der Waals surface area contributed by atoms with Gasteiger partial charge in [0.15, 0.2) is 0 Å². The average molecular weight is 310 g/mol. The number of nitrogens with zero attached hydrogens (tertiary/aromatic N) is 2. The summed E-state index contributed by atoms with van der Waals surface area (Å²) in [5.41, 5.74) is 2.45. The van der Waals surface area contributed by atoms with Crippen LogP contribution in [-0.4, -0.2) is 30.4 Å². The van der Waals surface area contributed by atoms with Crippen LogP contribution < -0.4 is 4.90 Å². The maximum absolute atomic E-state index is 13.0. The van der Waals surface area contributed by atoms with Crippen molar-refractivity contribution in [3.8, 4) is 0 Å². The van der Waals surface area contributed by atoms with Gasteiger partial charge in [-0.3, -0.25) is 4.79 Å². The minimum Gasteiger partial charge on any atom is -0.469 e. The van der Waals surface area contributed by atoms with E-state index < -0.39 is 0 Å². The van der Waals surface area contributed by atoms with Gasteiger partial charge in [-0.25, -0.2) is 0 Å². The lowest BCUT2D eigenvalue weighted by molar-refractivity contribution is -0.135. The molecular formula is C19H22N2O2. The van der Waals surface area contributed by atoms with Crippen molar-refractivity contribution >= 4 is 11.6 Å². The summed E-state index contributed by atoms with van der Waals surface area (Å²) in [5.74, 6) is 1.56. The van der Waals surface area contributed by atoms with Gasteiger partial charge in [-0.2, -0.15) is 0 Å². The van der Waals surface area contributed by atoms with E-state index in [1.54, 1.807) is 6.26 Å². The largest absolute Gasteiger partial charge is 0.469 e. The van der Waals surface area contributed by atoms with E-state index in [0.29, 0.717) is 6.54 Å². The number of hydrogen-bond acceptors (Lipinski definition) is 3. The molecule has 1 aliphatic heterocycles. The van der Waals surface area contributed by atoms with Gasteiger partial charge < -0.3 is 14.2 Å². The van der Waals surface area contributed by atoms with Gasteiger partial charge in [0.05, 0.1) is 6.26 Å². The van der Waals surface area contributed by atoms with Gasteiger partial charge in [0.25, 0.3) is 0 Å². The maximum atomic E-state index is 13.0. The number of fused-ring (bicyclic) bond motifs is 1. The minimum absolute atomic E-state index is 0.0826. The second-order valence-corrected chi connectivity index (χ2v) is 6.79. The summed E-state index contributed by atoms with van der Waals surface area (Å²) in [7, 11) is 2.10. The number of likely N-dealkylation sites (N-methyl/N-ethyl adjacent to an activating group) is 1. The highest BCUT2D eigenvalue weighted by atomic mass is 16.3. The zero-order chi connectivity index (χ0) is 16.0. The van der Waals surface area contributed by atoms with Crippen LogP contribution in [0.4, 0.5) is 5.69 Å². The molecule has 0 unspecified atom stereocenters. The van der Waals surface area contributed by atoms with E-state index in [0.717, 1.165) is 18.7 Å². The van der Waals surface area contributed by atoms with Gasteiger partial charge in [-0.05, 0) is 37.1 Å². The molecule has 2 aromatic rings. The van der Waals surface area contributed by atoms with Crippen LogP contribution in [0, 0.1) is 5.92 Å². The van der Waals surface area contributed by atoms with Crippen molar-refractivity contribution in [3.05, 3.63) is 54.0 Å². The van der Waals surface area contributed by atoms with Crippen molar-refractivity contribution < 1.29 is 9.21 Å². The molecule has 23 heavy (non-hydrogen) atoms. The number of amides is 1. The lowest BCUT2D eigenvalue weighted by Gasteiger charge is -2.28. The second kappa shape index (κ2) is 5.44. The fourth-order valence-corrected chi connectivity index (χ4v) is 3.74. The van der Waals surface area contributed by atoms with Crippen LogP contribution >= 0.6 is 0 Å². The summed E-state index contributed by atoms with van der Waals surface area (Å²) in [6, 6.07) is 12.5. The second-order valence-electron chi connectivity index (χ2n) is 6.79. The third-order valence-electron chi connectivity index (χ3n) is 5.11. The highest BCUT2D eigenvalue weighted by Crippen LogP contribution is 2.49. The van der Waals surface area contributed by atoms with Crippen molar-refractivity contribution in [3.63, 3.8) is 0 Å². The Balaban J connectivity index is 1.56. The van der Waals surface area contributed by atoms with E-state index in [1.165, 1.54) is 11.3 Å². The molecule has 0 saturated heterocycles. The molecule has 1 amide bonds. The number of hydrogen-bond donors (Lipinski definition) is 0. The minimum atomic E-state index is 0.0826. The lowest BCUT2D eigenvalue weighted by atomic mass is 10.1. The predicted octanol–water partition coefficient (Wildman–Crippen LogP) is 3.25. The number of carbonyl (C=O) groups is 1. The third kappa shape index (κ3) is 2.52. The van der Waals surface area contributed by atoms with Crippen LogP contribution in [0.1, 0.15) is 30.6 Å². The van der Waals surface area contributed by atoms with Gasteiger partial charge in [0.2, 0.25) is 5.91 Å². The van der Waals surface area contributed by atoms with Crippen LogP contribution in [0.5, 0.6) is 0 Å². The van der Waals surface area contributed by atoms with Crippen LogP contribution in [0.2, 0.25) is 0 Å². The Labute approximate surface area is 136 Å². The molecule has 4 nitrogen and oxygen atoms in total. The van der Waals surface area contributed by atoms with Crippen LogP contribution in [0.25, 0.3) is 0 Å². The summed E-state index contributed by atoms with van der Waals surface area (Å²) in [5, 5.41) is 0. The topological polar surface area (TPSA) is 36.7 Å². The van der Waals surface area contributed by atoms with E-state index in [-0.39, 0.29) is 23.8 Å². The smallest absolute Gasteiger partial charge is 0.227 e. The monoisotopic (exact) mass is 310 g/mol. The van der Waals surface area contributed by atoms with Gasteiger partial charge in [-0.15, -0.1) is 0 Å². The van der Waals surface area contributed by atoms with Crippen molar-refractivity contribution in [2.45, 2.75) is 31.8 Å². The quantitative estimate of drug-likeness (QED) is 0.854. The predicted molar refractivity (Wildman–Crippen MR) is 89.3 cm³/mol. The van der Waals surface area contributed by atoms with Gasteiger partial charge in [0, 0.05) is 43.7 Å². The molecule has 1 aromatic heterocycles. The highest BCUT2D eigenvalue weighted by Gasteiger charge is 2.48. The Morgan fingerprint density at radius 1 is 1.22 bits per heavy atom. The number of rotatable bonds is 2. The number of furan rings is 1. The molecule has 0 spiro atoms. The lowest BCUT2D eigenvalue weighted by Crippen LogP contribution is -2.42. The summed E-state index contributed by atoms with van der Waals surface area (Å²) in [6.45, 7) is 3.70. The summed E-state index contributed by atoms with van der Waals surface area (Å²) in [6.07, 6.45) is 2.60. The number of carbonyl (C=O) groups excluding carboxylic acids is 1. The Morgan fingerprint density at radius 2 is 2.04 bits per heavy atom. The molecule has 4 heteroatoms. The van der Waals surface area contributed by atoms with Crippen molar-refractivity contribution in [2.24, 2.45) is 5.92 Å². The number of benzene rings is 1. The van der Waals surface area contributed by atoms with Crippen molar-refractivity contribution in [1.82, 2.24) is 4.90 Å². The molecule has 0 radical (unpaired) electrons. The molecular weight excluding hydrogens is 288 g/mol. The van der Waals surface area contributed by atoms with Crippen molar-refractivity contribution in [1.29, 1.82) is 0 Å². The molecule has 4 rings (SSSR count). The summed E-state index contributed by atoms with van der Waals surface area (Å²) in [4.78, 5) is 17.3. The fraction of sp³-hybridized carbons (Fsp3) is 0.421. The first kappa shape index (κ1) is 14.4. The SMILES string of the molecule is C[C@@H]1CN(C)c2ccccc2CN1C(=O)[C@@H]1C[C@@H]1c1ccco1. The normalized spacial score (nSPS) is 26.6. The molecule has 1 aromatic carbocycles. The van der Waals surface area contributed by atoms with Gasteiger partial charge in [-0.1, -0.05) is 18.2 Å². The Bertz CT molecular complexity index is 710. The van der Waals surface area contributed by atoms with E-state index >= 15 is 0 Å². The first-order valence-electron chi connectivity index (χ1n) is 8.28. The number of anilines is 1. The zero-order valence-corrected chi connectivity index (χ0v) is 13.6. The van der Waals surface area contributed by atoms with Crippen molar-refractivity contribution in [2.75, 3.05) is 18.5 Å². The maximum Gasteiger partial charge on any atom is 0.227 e. The third-order valence-corrected chi connectivity index (χ3v) is 5.11. The zero-order valence-electron chi connectivity index (χ0n) is 13.6. The Kier molecular flexibility index (Phi) is 3.40. The van der Waals surface area contributed by atoms with Gasteiger partial charge in [0.1, 0.15) is 5.76 Å². The highest BCUT2D eigenvalue weighted by molar-refractivity contribution is 5.83. The molecule has 120 valence electrons. The summed E-state index contributed by atoms with van der Waals surface area (Å²) >= 11 is 0. The van der Waals surface area contributed by atoms with E-state index in [1.807, 2.05) is 18.2 Å². The van der Waals surface area contributed by atoms with E-state index in [9.17, 15) is 4.79 Å². The first-order valence-corrected chi connectivity index (χ1v) is 8.28. The molecule has 0 bridgehead atoms. The molecule has 1 fully saturated rings. The average Bonchev–Trinajstić information content (AvgIpc) is 3.20.